The number of thiophene rings is 1. The summed E-state index contributed by atoms with van der Waals surface area (Å²) in [6, 6.07) is 15.2. The molecule has 0 atom stereocenters. The van der Waals surface area contributed by atoms with Gasteiger partial charge in [-0.1, -0.05) is 12.1 Å². The molecule has 3 aromatic rings. The maximum absolute atomic E-state index is 12.1. The van der Waals surface area contributed by atoms with Crippen LogP contribution >= 0.6 is 35.3 Å². The van der Waals surface area contributed by atoms with Crippen LogP contribution < -0.4 is 16.0 Å². The number of carbonyl (C=O) groups is 1. The number of carbonyl (C=O) groups excluding carboxylic acids is 1. The van der Waals surface area contributed by atoms with Crippen LogP contribution in [0.5, 0.6) is 0 Å². The number of amides is 1. The van der Waals surface area contributed by atoms with Crippen molar-refractivity contribution in [1.82, 2.24) is 10.6 Å². The third kappa shape index (κ3) is 7.21. The van der Waals surface area contributed by atoms with Crippen LogP contribution in [0.2, 0.25) is 0 Å². The molecule has 8 heteroatoms. The summed E-state index contributed by atoms with van der Waals surface area (Å²) in [5, 5.41) is 9.45. The number of nitrogens with zero attached hydrogens (tertiary/aromatic N) is 1. The van der Waals surface area contributed by atoms with E-state index in [9.17, 15) is 4.79 Å². The van der Waals surface area contributed by atoms with E-state index in [1.807, 2.05) is 31.2 Å². The molecule has 0 bridgehead atoms. The van der Waals surface area contributed by atoms with Crippen molar-refractivity contribution in [2.45, 2.75) is 26.9 Å². The molecule has 0 fully saturated rings. The number of nitrogens with one attached hydrogen (secondary N) is 3. The highest BCUT2D eigenvalue weighted by Gasteiger charge is 2.08. The van der Waals surface area contributed by atoms with Crippen molar-refractivity contribution in [2.75, 3.05) is 11.9 Å². The van der Waals surface area contributed by atoms with Gasteiger partial charge in [0.25, 0.3) is 5.91 Å². The molecular weight excluding hydrogens is 499 g/mol. The largest absolute Gasteiger partial charge is 0.459 e. The van der Waals surface area contributed by atoms with Gasteiger partial charge in [-0.25, -0.2) is 4.99 Å². The molecule has 29 heavy (non-hydrogen) atoms. The van der Waals surface area contributed by atoms with Crippen molar-refractivity contribution in [3.63, 3.8) is 0 Å². The molecule has 2 aromatic heterocycles. The number of aliphatic imine (C=N–C) groups is 1. The standard InChI is InChI=1S/C21H24N4O2S.HI/c1-3-22-21(24-14-18-10-9-15(2)28-18)23-13-16-6-4-7-17(12-16)25-20(26)19-8-5-11-27-19;/h4-12H,3,13-14H2,1-2H3,(H,25,26)(H2,22,23,24);1H. The second-order valence-corrected chi connectivity index (χ2v) is 7.57. The number of benzene rings is 1. The first-order chi connectivity index (χ1) is 13.6. The van der Waals surface area contributed by atoms with E-state index in [4.69, 9.17) is 4.42 Å². The van der Waals surface area contributed by atoms with Crippen LogP contribution in [0.15, 0.2) is 64.2 Å². The summed E-state index contributed by atoms with van der Waals surface area (Å²) >= 11 is 1.78. The highest BCUT2D eigenvalue weighted by Crippen LogP contribution is 2.15. The summed E-state index contributed by atoms with van der Waals surface area (Å²) < 4.78 is 5.12. The fourth-order valence-corrected chi connectivity index (χ4v) is 3.44. The van der Waals surface area contributed by atoms with Crippen molar-refractivity contribution >= 4 is 52.9 Å². The maximum Gasteiger partial charge on any atom is 0.291 e. The molecule has 0 aliphatic rings. The lowest BCUT2D eigenvalue weighted by Crippen LogP contribution is -2.36. The van der Waals surface area contributed by atoms with E-state index in [1.165, 1.54) is 16.0 Å². The van der Waals surface area contributed by atoms with Crippen LogP contribution in [0.1, 0.15) is 32.8 Å². The Hall–Kier alpha value is -2.33. The van der Waals surface area contributed by atoms with Crippen molar-refractivity contribution in [3.8, 4) is 0 Å². The van der Waals surface area contributed by atoms with Crippen LogP contribution in [-0.2, 0) is 13.1 Å². The van der Waals surface area contributed by atoms with Gasteiger partial charge < -0.3 is 20.4 Å². The predicted molar refractivity (Wildman–Crippen MR) is 129 cm³/mol. The predicted octanol–water partition coefficient (Wildman–Crippen LogP) is 4.78. The lowest BCUT2D eigenvalue weighted by atomic mass is 10.2. The lowest BCUT2D eigenvalue weighted by molar-refractivity contribution is 0.0996. The summed E-state index contributed by atoms with van der Waals surface area (Å²) in [5.74, 6) is 0.774. The zero-order valence-corrected chi connectivity index (χ0v) is 19.5. The monoisotopic (exact) mass is 524 g/mol. The van der Waals surface area contributed by atoms with E-state index in [0.717, 1.165) is 24.6 Å². The zero-order chi connectivity index (χ0) is 19.8. The molecular formula is C21H25IN4O2S. The minimum atomic E-state index is -0.271. The van der Waals surface area contributed by atoms with Gasteiger partial charge in [-0.05, 0) is 55.8 Å². The van der Waals surface area contributed by atoms with Crippen LogP contribution in [0, 0.1) is 6.92 Å². The molecule has 6 nitrogen and oxygen atoms in total. The molecule has 0 saturated heterocycles. The van der Waals surface area contributed by atoms with Crippen LogP contribution in [-0.4, -0.2) is 18.4 Å². The highest BCUT2D eigenvalue weighted by atomic mass is 127. The Balaban J connectivity index is 0.00000300. The molecule has 2 heterocycles. The second-order valence-electron chi connectivity index (χ2n) is 6.19. The third-order valence-corrected chi connectivity index (χ3v) is 4.92. The normalized spacial score (nSPS) is 10.9. The van der Waals surface area contributed by atoms with Crippen LogP contribution in [0.3, 0.4) is 0 Å². The number of hydrogen-bond donors (Lipinski definition) is 3. The number of rotatable bonds is 7. The summed E-state index contributed by atoms with van der Waals surface area (Å²) in [4.78, 5) is 19.3. The smallest absolute Gasteiger partial charge is 0.291 e. The van der Waals surface area contributed by atoms with Crippen molar-refractivity contribution in [1.29, 1.82) is 0 Å². The van der Waals surface area contributed by atoms with E-state index in [1.54, 1.807) is 23.5 Å². The van der Waals surface area contributed by atoms with E-state index >= 15 is 0 Å². The molecule has 0 spiro atoms. The minimum absolute atomic E-state index is 0. The van der Waals surface area contributed by atoms with Gasteiger partial charge in [0.1, 0.15) is 0 Å². The molecule has 0 saturated carbocycles. The Morgan fingerprint density at radius 1 is 1.14 bits per heavy atom. The number of guanidine groups is 1. The van der Waals surface area contributed by atoms with Gasteiger partial charge in [0, 0.05) is 22.0 Å². The zero-order valence-electron chi connectivity index (χ0n) is 16.4. The average molecular weight is 524 g/mol. The first kappa shape index (κ1) is 23.0. The molecule has 0 aliphatic heterocycles. The van der Waals surface area contributed by atoms with E-state index in [-0.39, 0.29) is 35.6 Å². The second kappa shape index (κ2) is 11.6. The van der Waals surface area contributed by atoms with Crippen LogP contribution in [0.25, 0.3) is 0 Å². The Morgan fingerprint density at radius 2 is 2.00 bits per heavy atom. The van der Waals surface area contributed by atoms with Crippen molar-refractivity contribution in [2.24, 2.45) is 4.99 Å². The Bertz CT molecular complexity index is 938. The summed E-state index contributed by atoms with van der Waals surface area (Å²) in [6.45, 7) is 6.17. The fraction of sp³-hybridized carbons (Fsp3) is 0.238. The number of halogens is 1. The van der Waals surface area contributed by atoms with Crippen molar-refractivity contribution < 1.29 is 9.21 Å². The van der Waals surface area contributed by atoms with Gasteiger partial charge in [-0.2, -0.15) is 0 Å². The summed E-state index contributed by atoms with van der Waals surface area (Å²) in [6.07, 6.45) is 1.48. The number of aryl methyl sites for hydroxylation is 1. The van der Waals surface area contributed by atoms with Gasteiger partial charge in [0.2, 0.25) is 0 Å². The molecule has 0 radical (unpaired) electrons. The molecule has 3 N–H and O–H groups in total. The number of hydrogen-bond acceptors (Lipinski definition) is 4. The quantitative estimate of drug-likeness (QED) is 0.236. The molecule has 0 unspecified atom stereocenters. The van der Waals surface area contributed by atoms with Gasteiger partial charge in [0.15, 0.2) is 11.7 Å². The summed E-state index contributed by atoms with van der Waals surface area (Å²) in [7, 11) is 0. The molecule has 154 valence electrons. The van der Waals surface area contributed by atoms with E-state index in [0.29, 0.717) is 12.2 Å². The van der Waals surface area contributed by atoms with E-state index in [2.05, 4.69) is 40.0 Å². The topological polar surface area (TPSA) is 78.7 Å². The SMILES string of the molecule is CCNC(=NCc1cccc(NC(=O)c2ccco2)c1)NCc1ccc(C)s1.I. The Morgan fingerprint density at radius 3 is 2.69 bits per heavy atom. The Kier molecular flexibility index (Phi) is 9.20. The molecule has 0 aliphatic carbocycles. The molecule has 1 aromatic carbocycles. The number of anilines is 1. The van der Waals surface area contributed by atoms with Crippen molar-refractivity contribution in [3.05, 3.63) is 75.9 Å². The van der Waals surface area contributed by atoms with Gasteiger partial charge in [0.05, 0.1) is 19.4 Å². The van der Waals surface area contributed by atoms with Gasteiger partial charge in [-0.15, -0.1) is 35.3 Å². The minimum Gasteiger partial charge on any atom is -0.459 e. The Labute approximate surface area is 191 Å². The van der Waals surface area contributed by atoms with Gasteiger partial charge >= 0.3 is 0 Å². The molecule has 3 rings (SSSR count). The third-order valence-electron chi connectivity index (χ3n) is 3.92. The fourth-order valence-electron chi connectivity index (χ4n) is 2.61. The maximum atomic E-state index is 12.1. The lowest BCUT2D eigenvalue weighted by Gasteiger charge is -2.11. The average Bonchev–Trinajstić information content (AvgIpc) is 3.36. The highest BCUT2D eigenvalue weighted by molar-refractivity contribution is 14.0. The first-order valence-corrected chi connectivity index (χ1v) is 9.97. The van der Waals surface area contributed by atoms with E-state index < -0.39 is 0 Å². The number of furan rings is 1. The van der Waals surface area contributed by atoms with Gasteiger partial charge in [-0.3, -0.25) is 4.79 Å². The molecule has 1 amide bonds. The van der Waals surface area contributed by atoms with Crippen LogP contribution in [0.4, 0.5) is 5.69 Å². The first-order valence-electron chi connectivity index (χ1n) is 9.15. The summed E-state index contributed by atoms with van der Waals surface area (Å²) in [5.41, 5.74) is 1.71.